The summed E-state index contributed by atoms with van der Waals surface area (Å²) < 4.78 is 27.1. The molecular formula is C21H36ClF2N5O. The molecule has 30 heavy (non-hydrogen) atoms. The Morgan fingerprint density at radius 3 is 2.47 bits per heavy atom. The van der Waals surface area contributed by atoms with E-state index in [2.05, 4.69) is 40.3 Å². The smallest absolute Gasteiger partial charge is 0.229 e. The van der Waals surface area contributed by atoms with Crippen LogP contribution in [0, 0.1) is 17.8 Å². The van der Waals surface area contributed by atoms with E-state index in [9.17, 15) is 13.6 Å². The summed E-state index contributed by atoms with van der Waals surface area (Å²) >= 11 is 6.23. The molecule has 0 spiro atoms. The van der Waals surface area contributed by atoms with E-state index in [1.807, 2.05) is 0 Å². The van der Waals surface area contributed by atoms with Gasteiger partial charge in [0, 0.05) is 23.9 Å². The zero-order valence-corrected chi connectivity index (χ0v) is 18.7. The van der Waals surface area contributed by atoms with Crippen molar-refractivity contribution >= 4 is 23.5 Å². The quantitative estimate of drug-likeness (QED) is 0.296. The van der Waals surface area contributed by atoms with Crippen LogP contribution >= 0.6 is 11.6 Å². The summed E-state index contributed by atoms with van der Waals surface area (Å²) in [5.74, 6) is 0.510. The molecule has 1 amide bonds. The lowest BCUT2D eigenvalue weighted by Gasteiger charge is -2.29. The van der Waals surface area contributed by atoms with E-state index >= 15 is 0 Å². The number of hydrogen-bond donors (Lipinski definition) is 4. The van der Waals surface area contributed by atoms with Gasteiger partial charge in [-0.25, -0.2) is 14.2 Å². The lowest BCUT2D eigenvalue weighted by molar-refractivity contribution is -0.125. The number of halogens is 3. The van der Waals surface area contributed by atoms with E-state index in [0.29, 0.717) is 42.2 Å². The first-order chi connectivity index (χ1) is 14.3. The Kier molecular flexibility index (Phi) is 8.72. The zero-order valence-electron chi connectivity index (χ0n) is 18.0. The number of carbonyl (C=O) groups is 1. The van der Waals surface area contributed by atoms with Gasteiger partial charge in [-0.05, 0) is 63.2 Å². The van der Waals surface area contributed by atoms with Crippen LogP contribution in [-0.4, -0.2) is 48.3 Å². The lowest BCUT2D eigenvalue weighted by Crippen LogP contribution is -2.52. The number of hydrazine groups is 1. The van der Waals surface area contributed by atoms with E-state index < -0.39 is 18.3 Å². The molecule has 1 aliphatic heterocycles. The molecule has 0 aromatic carbocycles. The number of hydrogen-bond acceptors (Lipinski definition) is 4. The van der Waals surface area contributed by atoms with E-state index in [-0.39, 0.29) is 24.9 Å². The summed E-state index contributed by atoms with van der Waals surface area (Å²) in [4.78, 5) is 17.2. The number of aliphatic imine (C=N–C) groups is 1. The average molecular weight is 448 g/mol. The molecule has 4 N–H and O–H groups in total. The number of nitrogens with one attached hydrogen (secondary N) is 4. The van der Waals surface area contributed by atoms with Crippen molar-refractivity contribution in [2.45, 2.75) is 95.1 Å². The summed E-state index contributed by atoms with van der Waals surface area (Å²) in [5, 5.41) is 6.42. The fourth-order valence-electron chi connectivity index (χ4n) is 4.56. The van der Waals surface area contributed by atoms with Gasteiger partial charge in [0.15, 0.2) is 5.96 Å². The van der Waals surface area contributed by atoms with Crippen LogP contribution in [0.3, 0.4) is 0 Å². The molecule has 3 fully saturated rings. The van der Waals surface area contributed by atoms with E-state index in [1.165, 1.54) is 0 Å². The molecule has 3 rings (SSSR count). The molecule has 0 aromatic heterocycles. The first-order valence-corrected chi connectivity index (χ1v) is 11.8. The van der Waals surface area contributed by atoms with Crippen molar-refractivity contribution in [1.29, 1.82) is 0 Å². The third kappa shape index (κ3) is 6.76. The maximum atomic E-state index is 13.7. The van der Waals surface area contributed by atoms with Crippen LogP contribution in [0.2, 0.25) is 0 Å². The standard InChI is InChI=1S/C21H36ClF2N5O/c1-12(2)11-25-21(27-20(30)14-5-8-16(23)17(24)9-14)26-19-10-18(28-29-19)13-3-6-15(22)7-4-13/h12-19,28-29H,3-11H2,1-2H3,(H2,25,26,27,30). The van der Waals surface area contributed by atoms with Crippen LogP contribution in [0.1, 0.15) is 65.2 Å². The Bertz CT molecular complexity index is 600. The van der Waals surface area contributed by atoms with Crippen LogP contribution in [-0.2, 0) is 4.79 Å². The van der Waals surface area contributed by atoms with Gasteiger partial charge in [0.1, 0.15) is 12.3 Å². The van der Waals surface area contributed by atoms with Crippen molar-refractivity contribution in [3.05, 3.63) is 0 Å². The zero-order chi connectivity index (χ0) is 21.7. The summed E-state index contributed by atoms with van der Waals surface area (Å²) in [5.41, 5.74) is 6.64. The third-order valence-electron chi connectivity index (χ3n) is 6.43. The van der Waals surface area contributed by atoms with Gasteiger partial charge in [-0.3, -0.25) is 20.5 Å². The minimum absolute atomic E-state index is 0.0644. The van der Waals surface area contributed by atoms with Crippen molar-refractivity contribution < 1.29 is 13.6 Å². The number of amides is 1. The molecule has 0 bridgehead atoms. The van der Waals surface area contributed by atoms with Crippen molar-refractivity contribution in [3.63, 3.8) is 0 Å². The minimum atomic E-state index is -1.57. The molecule has 3 aliphatic rings. The average Bonchev–Trinajstić information content (AvgIpc) is 3.17. The Balaban J connectivity index is 1.54. The second kappa shape index (κ2) is 11.0. The van der Waals surface area contributed by atoms with Crippen LogP contribution < -0.4 is 21.5 Å². The predicted molar refractivity (Wildman–Crippen MR) is 116 cm³/mol. The van der Waals surface area contributed by atoms with Crippen molar-refractivity contribution in [2.75, 3.05) is 6.54 Å². The maximum absolute atomic E-state index is 13.7. The van der Waals surface area contributed by atoms with Gasteiger partial charge >= 0.3 is 0 Å². The molecule has 5 unspecified atom stereocenters. The highest BCUT2D eigenvalue weighted by Crippen LogP contribution is 2.32. The number of nitrogens with zero attached hydrogens (tertiary/aromatic N) is 1. The Morgan fingerprint density at radius 1 is 1.07 bits per heavy atom. The normalized spacial score (nSPS) is 37.9. The molecule has 9 heteroatoms. The molecular weight excluding hydrogens is 412 g/mol. The van der Waals surface area contributed by atoms with Crippen LogP contribution in [0.25, 0.3) is 0 Å². The number of rotatable bonds is 5. The van der Waals surface area contributed by atoms with Crippen LogP contribution in [0.15, 0.2) is 4.99 Å². The van der Waals surface area contributed by atoms with Gasteiger partial charge in [-0.2, -0.15) is 0 Å². The van der Waals surface area contributed by atoms with Crippen molar-refractivity contribution in [2.24, 2.45) is 22.7 Å². The largest absolute Gasteiger partial charge is 0.339 e. The second-order valence-corrected chi connectivity index (χ2v) is 10.1. The maximum Gasteiger partial charge on any atom is 0.229 e. The minimum Gasteiger partial charge on any atom is -0.339 e. The van der Waals surface area contributed by atoms with Gasteiger partial charge in [0.05, 0.1) is 6.17 Å². The van der Waals surface area contributed by atoms with Gasteiger partial charge in [-0.1, -0.05) is 13.8 Å². The van der Waals surface area contributed by atoms with Crippen molar-refractivity contribution in [1.82, 2.24) is 21.5 Å². The molecule has 0 radical (unpaired) electrons. The molecule has 2 saturated carbocycles. The predicted octanol–water partition coefficient (Wildman–Crippen LogP) is 3.17. The van der Waals surface area contributed by atoms with Crippen LogP contribution in [0.4, 0.5) is 8.78 Å². The topological polar surface area (TPSA) is 77.5 Å². The van der Waals surface area contributed by atoms with E-state index in [1.54, 1.807) is 0 Å². The van der Waals surface area contributed by atoms with Gasteiger partial charge in [0.2, 0.25) is 5.91 Å². The Morgan fingerprint density at radius 2 is 1.80 bits per heavy atom. The fourth-order valence-corrected chi connectivity index (χ4v) is 4.81. The summed E-state index contributed by atoms with van der Waals surface area (Å²) in [6.07, 6.45) is 2.50. The molecule has 2 aliphatic carbocycles. The summed E-state index contributed by atoms with van der Waals surface area (Å²) in [7, 11) is 0. The van der Waals surface area contributed by atoms with Gasteiger partial charge < -0.3 is 5.32 Å². The molecule has 0 aromatic rings. The van der Waals surface area contributed by atoms with Gasteiger partial charge in [0.25, 0.3) is 0 Å². The monoisotopic (exact) mass is 447 g/mol. The first kappa shape index (κ1) is 23.7. The molecule has 1 heterocycles. The highest BCUT2D eigenvalue weighted by Gasteiger charge is 2.36. The van der Waals surface area contributed by atoms with Crippen molar-refractivity contribution in [3.8, 4) is 0 Å². The number of carbonyl (C=O) groups excluding carboxylic acids is 1. The lowest BCUT2D eigenvalue weighted by atomic mass is 9.83. The number of alkyl halides is 3. The fraction of sp³-hybridized carbons (Fsp3) is 0.905. The summed E-state index contributed by atoms with van der Waals surface area (Å²) in [6, 6.07) is 0.348. The molecule has 5 atom stereocenters. The Labute approximate surface area is 183 Å². The summed E-state index contributed by atoms with van der Waals surface area (Å²) in [6.45, 7) is 4.67. The van der Waals surface area contributed by atoms with Gasteiger partial charge in [-0.15, -0.1) is 11.6 Å². The second-order valence-electron chi connectivity index (χ2n) is 9.45. The highest BCUT2D eigenvalue weighted by molar-refractivity contribution is 6.20. The molecule has 172 valence electrons. The molecule has 1 saturated heterocycles. The Hall–Kier alpha value is -0.990. The third-order valence-corrected chi connectivity index (χ3v) is 6.87. The highest BCUT2D eigenvalue weighted by atomic mass is 35.5. The first-order valence-electron chi connectivity index (χ1n) is 11.4. The molecule has 6 nitrogen and oxygen atoms in total. The van der Waals surface area contributed by atoms with E-state index in [4.69, 9.17) is 11.6 Å². The SMILES string of the molecule is CC(C)CN=C(NC(=O)C1CCC(F)C(F)C1)NC1CC(C2CCC(Cl)CC2)NN1. The number of guanidine groups is 1. The van der Waals surface area contributed by atoms with Crippen LogP contribution in [0.5, 0.6) is 0 Å². The van der Waals surface area contributed by atoms with E-state index in [0.717, 1.165) is 32.1 Å².